The number of carbonyl (C=O) groups excluding carboxylic acids is 1. The van der Waals surface area contributed by atoms with Crippen molar-refractivity contribution in [1.29, 1.82) is 0 Å². The third kappa shape index (κ3) is 4.40. The standard InChI is InChI=1S/C28H24N4O2/c1-18-6-13-21(14-7-18)27-28-23(22-4-2-3-5-24(22)30-28)16-25(31-27)29-17-20-10-8-19(9-11-20)12-15-26(33)32-34/h2-16,30,34H,17H2,1H3,(H,29,31)(H,32,33)/b15-12+. The molecule has 0 radical (unpaired) electrons. The van der Waals surface area contributed by atoms with Crippen LogP contribution in [0.5, 0.6) is 0 Å². The molecule has 0 bridgehead atoms. The van der Waals surface area contributed by atoms with Gasteiger partial charge < -0.3 is 10.3 Å². The first-order valence-corrected chi connectivity index (χ1v) is 11.0. The summed E-state index contributed by atoms with van der Waals surface area (Å²) in [6, 6.07) is 26.6. The summed E-state index contributed by atoms with van der Waals surface area (Å²) in [5.74, 6) is 0.241. The monoisotopic (exact) mass is 448 g/mol. The predicted molar refractivity (Wildman–Crippen MR) is 137 cm³/mol. The molecule has 0 aliphatic heterocycles. The summed E-state index contributed by atoms with van der Waals surface area (Å²) in [4.78, 5) is 19.7. The molecule has 5 rings (SSSR count). The zero-order valence-electron chi connectivity index (χ0n) is 18.7. The Bertz CT molecular complexity index is 1500. The van der Waals surface area contributed by atoms with E-state index in [1.165, 1.54) is 17.0 Å². The molecular formula is C28H24N4O2. The number of anilines is 1. The first-order chi connectivity index (χ1) is 16.6. The highest BCUT2D eigenvalue weighted by Crippen LogP contribution is 2.34. The van der Waals surface area contributed by atoms with E-state index < -0.39 is 5.91 Å². The molecule has 0 unspecified atom stereocenters. The molecule has 0 saturated heterocycles. The molecule has 0 spiro atoms. The second-order valence-electron chi connectivity index (χ2n) is 8.22. The van der Waals surface area contributed by atoms with Gasteiger partial charge in [-0.05, 0) is 36.3 Å². The molecule has 0 fully saturated rings. The van der Waals surface area contributed by atoms with Crippen molar-refractivity contribution in [2.45, 2.75) is 13.5 Å². The first-order valence-electron chi connectivity index (χ1n) is 11.0. The van der Waals surface area contributed by atoms with Crippen molar-refractivity contribution in [1.82, 2.24) is 15.4 Å². The minimum Gasteiger partial charge on any atom is -0.366 e. The number of aromatic amines is 1. The van der Waals surface area contributed by atoms with Crippen LogP contribution in [-0.4, -0.2) is 21.1 Å². The van der Waals surface area contributed by atoms with Gasteiger partial charge >= 0.3 is 0 Å². The highest BCUT2D eigenvalue weighted by atomic mass is 16.5. The number of nitrogens with zero attached hydrogens (tertiary/aromatic N) is 1. The van der Waals surface area contributed by atoms with Gasteiger partial charge in [0.2, 0.25) is 0 Å². The number of para-hydroxylation sites is 1. The largest absolute Gasteiger partial charge is 0.366 e. The van der Waals surface area contributed by atoms with E-state index in [4.69, 9.17) is 10.2 Å². The van der Waals surface area contributed by atoms with Crippen molar-refractivity contribution in [3.05, 3.63) is 102 Å². The van der Waals surface area contributed by atoms with E-state index in [0.717, 1.165) is 44.6 Å². The molecule has 34 heavy (non-hydrogen) atoms. The van der Waals surface area contributed by atoms with Gasteiger partial charge in [0.25, 0.3) is 5.91 Å². The maximum Gasteiger partial charge on any atom is 0.267 e. The third-order valence-corrected chi connectivity index (χ3v) is 5.81. The van der Waals surface area contributed by atoms with Gasteiger partial charge in [-0.2, -0.15) is 0 Å². The van der Waals surface area contributed by atoms with Crippen LogP contribution in [0.25, 0.3) is 39.1 Å². The van der Waals surface area contributed by atoms with E-state index in [9.17, 15) is 4.79 Å². The van der Waals surface area contributed by atoms with E-state index in [-0.39, 0.29) is 0 Å². The number of fused-ring (bicyclic) bond motifs is 3. The Morgan fingerprint density at radius 2 is 1.76 bits per heavy atom. The Morgan fingerprint density at radius 1 is 1.00 bits per heavy atom. The highest BCUT2D eigenvalue weighted by Gasteiger charge is 2.13. The van der Waals surface area contributed by atoms with E-state index in [2.05, 4.69) is 65.8 Å². The summed E-state index contributed by atoms with van der Waals surface area (Å²) in [6.07, 6.45) is 2.92. The summed E-state index contributed by atoms with van der Waals surface area (Å²) >= 11 is 0. The molecule has 168 valence electrons. The molecule has 0 aliphatic carbocycles. The molecule has 0 saturated carbocycles. The number of amides is 1. The number of benzene rings is 3. The number of carbonyl (C=O) groups is 1. The lowest BCUT2D eigenvalue weighted by Gasteiger charge is -2.10. The van der Waals surface area contributed by atoms with Crippen LogP contribution in [0.3, 0.4) is 0 Å². The quantitative estimate of drug-likeness (QED) is 0.150. The molecule has 6 nitrogen and oxygen atoms in total. The number of aryl methyl sites for hydroxylation is 1. The molecular weight excluding hydrogens is 424 g/mol. The molecule has 2 heterocycles. The fourth-order valence-electron chi connectivity index (χ4n) is 4.00. The minimum absolute atomic E-state index is 0.561. The second-order valence-corrected chi connectivity index (χ2v) is 8.22. The van der Waals surface area contributed by atoms with Crippen LogP contribution < -0.4 is 10.8 Å². The maximum atomic E-state index is 11.1. The van der Waals surface area contributed by atoms with Gasteiger partial charge in [0.1, 0.15) is 5.82 Å². The lowest BCUT2D eigenvalue weighted by molar-refractivity contribution is -0.124. The van der Waals surface area contributed by atoms with Gasteiger partial charge in [-0.3, -0.25) is 10.0 Å². The lowest BCUT2D eigenvalue weighted by atomic mass is 10.1. The van der Waals surface area contributed by atoms with E-state index in [1.54, 1.807) is 11.6 Å². The van der Waals surface area contributed by atoms with Gasteiger partial charge in [0.05, 0.1) is 11.2 Å². The van der Waals surface area contributed by atoms with Crippen molar-refractivity contribution in [2.24, 2.45) is 0 Å². The summed E-state index contributed by atoms with van der Waals surface area (Å²) in [6.45, 7) is 2.69. The zero-order valence-corrected chi connectivity index (χ0v) is 18.7. The van der Waals surface area contributed by atoms with Gasteiger partial charge in [0.15, 0.2) is 0 Å². The van der Waals surface area contributed by atoms with Crippen LogP contribution >= 0.6 is 0 Å². The summed E-state index contributed by atoms with van der Waals surface area (Å²) in [5, 5.41) is 14.3. The average Bonchev–Trinajstić information content (AvgIpc) is 3.25. The highest BCUT2D eigenvalue weighted by molar-refractivity contribution is 6.11. The van der Waals surface area contributed by atoms with Crippen molar-refractivity contribution in [3.8, 4) is 11.3 Å². The van der Waals surface area contributed by atoms with Crippen molar-refractivity contribution in [2.75, 3.05) is 5.32 Å². The Balaban J connectivity index is 1.46. The topological polar surface area (TPSA) is 90.0 Å². The Morgan fingerprint density at radius 3 is 2.53 bits per heavy atom. The lowest BCUT2D eigenvalue weighted by Crippen LogP contribution is -2.14. The molecule has 5 aromatic rings. The van der Waals surface area contributed by atoms with Crippen molar-refractivity contribution < 1.29 is 10.0 Å². The van der Waals surface area contributed by atoms with E-state index in [0.29, 0.717) is 6.54 Å². The second kappa shape index (κ2) is 9.21. The van der Waals surface area contributed by atoms with Crippen LogP contribution in [0.4, 0.5) is 5.82 Å². The molecule has 2 aromatic heterocycles. The van der Waals surface area contributed by atoms with Gasteiger partial charge in [-0.15, -0.1) is 0 Å². The molecule has 1 amide bonds. The fourth-order valence-corrected chi connectivity index (χ4v) is 4.00. The molecule has 4 N–H and O–H groups in total. The smallest absolute Gasteiger partial charge is 0.267 e. The van der Waals surface area contributed by atoms with Crippen LogP contribution in [0.15, 0.2) is 84.9 Å². The molecule has 0 atom stereocenters. The van der Waals surface area contributed by atoms with E-state index in [1.807, 2.05) is 30.3 Å². The molecule has 0 aliphatic rings. The average molecular weight is 449 g/mol. The number of H-pyrrole nitrogens is 1. The first kappa shape index (κ1) is 21.4. The number of hydroxylamine groups is 1. The predicted octanol–water partition coefficient (Wildman–Crippen LogP) is 5.82. The Kier molecular flexibility index (Phi) is 5.81. The van der Waals surface area contributed by atoms with Crippen LogP contribution in [0.1, 0.15) is 16.7 Å². The fraction of sp³-hybridized carbons (Fsp3) is 0.0714. The van der Waals surface area contributed by atoms with Crippen molar-refractivity contribution >= 4 is 39.6 Å². The maximum absolute atomic E-state index is 11.1. The summed E-state index contributed by atoms with van der Waals surface area (Å²) < 4.78 is 0. The summed E-state index contributed by atoms with van der Waals surface area (Å²) in [7, 11) is 0. The van der Waals surface area contributed by atoms with Gasteiger partial charge in [-0.1, -0.05) is 72.3 Å². The Hall–Kier alpha value is -4.42. The van der Waals surface area contributed by atoms with Gasteiger partial charge in [0, 0.05) is 34.5 Å². The van der Waals surface area contributed by atoms with Crippen LogP contribution in [-0.2, 0) is 11.3 Å². The number of aromatic nitrogens is 2. The number of rotatable bonds is 6. The number of pyridine rings is 1. The number of hydrogen-bond acceptors (Lipinski definition) is 4. The SMILES string of the molecule is Cc1ccc(-c2nc(NCc3ccc(/C=C/C(=O)NO)cc3)cc3c2[nH]c2ccccc23)cc1. The molecule has 6 heteroatoms. The third-order valence-electron chi connectivity index (χ3n) is 5.81. The number of nitrogens with one attached hydrogen (secondary N) is 3. The van der Waals surface area contributed by atoms with Crippen LogP contribution in [0.2, 0.25) is 0 Å². The van der Waals surface area contributed by atoms with Crippen LogP contribution in [0, 0.1) is 6.92 Å². The Labute approximate surface area is 196 Å². The zero-order chi connectivity index (χ0) is 23.5. The number of hydrogen-bond donors (Lipinski definition) is 4. The minimum atomic E-state index is -0.561. The van der Waals surface area contributed by atoms with E-state index >= 15 is 0 Å². The van der Waals surface area contributed by atoms with Crippen molar-refractivity contribution in [3.63, 3.8) is 0 Å². The summed E-state index contributed by atoms with van der Waals surface area (Å²) in [5.41, 5.74) is 8.84. The van der Waals surface area contributed by atoms with Gasteiger partial charge in [-0.25, -0.2) is 10.5 Å². The normalized spacial score (nSPS) is 11.4. The molecule has 3 aromatic carbocycles.